The number of ether oxygens (including phenoxy) is 2. The molecule has 0 saturated carbocycles. The number of hydrogen-bond acceptors (Lipinski definition) is 20. The molecule has 81 heavy (non-hydrogen) atoms. The van der Waals surface area contributed by atoms with Gasteiger partial charge in [0.05, 0.1) is 19.8 Å². The van der Waals surface area contributed by atoms with Crippen LogP contribution in [0.4, 0.5) is 0 Å². The molecule has 22 N–H and O–H groups in total. The molecule has 0 radical (unpaired) electrons. The van der Waals surface area contributed by atoms with Gasteiger partial charge in [0.15, 0.2) is 0 Å². The number of thioether (sulfide) groups is 2. The maximum absolute atomic E-state index is 11.0. The summed E-state index contributed by atoms with van der Waals surface area (Å²) in [5.41, 5.74) is 43.3. The topological polar surface area (TPSA) is 491 Å². The molecule has 0 aliphatic rings. The van der Waals surface area contributed by atoms with Gasteiger partial charge in [-0.25, -0.2) is 0 Å². The van der Waals surface area contributed by atoms with Gasteiger partial charge in [-0.3, -0.25) is 38.4 Å². The van der Waals surface area contributed by atoms with Gasteiger partial charge in [0, 0.05) is 43.3 Å². The summed E-state index contributed by atoms with van der Waals surface area (Å²) in [6.07, 6.45) is 3.59. The van der Waals surface area contributed by atoms with Crippen molar-refractivity contribution in [2.24, 2.45) is 40.1 Å². The molecule has 7 atom stereocenters. The number of allylic oxidation sites excluding steroid dienone is 2. The standard InChI is InChI=1S/C8H16N2O2.C8H13NO3.C8H15NO3.C8H15NO2S.C8H15NO2.C7H13NO3.C7H13NO2S/c1-6(2)5-10-4-3-7(9)8(11)12;1-5(2)3-6(10)4-7(9)8(11)12;2*1-6(2)5-12-4-3-7(9)8(10)11;1-6(2)4-3-5-7(9)8(10)11;2*1-5(2)3-11-4-6(8)7(9)10/h7,10H,1,3-5,9H2,2H3,(H,11,12);7H,1,3-4,9H2,2H3,(H,11,12);2*7H,1,3-5,9H2,2H3,(H,10,11);7H,1,3-5,9H2,2H3,(H,10,11);2*6H,1,3-4,8H2,2H3,(H,9,10). The summed E-state index contributed by atoms with van der Waals surface area (Å²) in [7, 11) is 0. The number of ketones is 1. The molecule has 470 valence electrons. The molecule has 0 heterocycles. The van der Waals surface area contributed by atoms with Crippen LogP contribution in [0.25, 0.3) is 0 Å². The number of aliphatic carboxylic acids is 7. The van der Waals surface area contributed by atoms with E-state index in [1.54, 1.807) is 25.6 Å². The first-order valence-corrected chi connectivity index (χ1v) is 27.4. The van der Waals surface area contributed by atoms with Gasteiger partial charge in [-0.05, 0) is 99.3 Å². The number of hydrogen-bond donors (Lipinski definition) is 15. The summed E-state index contributed by atoms with van der Waals surface area (Å²) in [5, 5.41) is 61.8. The van der Waals surface area contributed by atoms with Crippen LogP contribution in [0.1, 0.15) is 99.8 Å². The number of Topliss-reactive ketones (excluding diaryl/α,β-unsaturated/α-hetero) is 1. The molecule has 0 rings (SSSR count). The molecule has 0 amide bonds. The number of carboxylic acids is 7. The molecule has 25 nitrogen and oxygen atoms in total. The Bertz CT molecular complexity index is 1770. The molecule has 0 bridgehead atoms. The fourth-order valence-corrected chi connectivity index (χ4v) is 5.97. The maximum Gasteiger partial charge on any atom is 0.322 e. The van der Waals surface area contributed by atoms with E-state index in [0.29, 0.717) is 64.3 Å². The molecule has 0 aromatic heterocycles. The summed E-state index contributed by atoms with van der Waals surface area (Å²) in [6, 6.07) is -5.79. The molecule has 0 aromatic carbocycles. The molecule has 0 saturated heterocycles. The van der Waals surface area contributed by atoms with E-state index in [2.05, 4.69) is 51.4 Å². The van der Waals surface area contributed by atoms with Gasteiger partial charge in [0.25, 0.3) is 0 Å². The van der Waals surface area contributed by atoms with Gasteiger partial charge in [-0.15, -0.1) is 6.58 Å². The van der Waals surface area contributed by atoms with Crippen LogP contribution in [0.3, 0.4) is 0 Å². The average molecular weight is 1200 g/mol. The first-order valence-electron chi connectivity index (χ1n) is 25.1. The Labute approximate surface area is 488 Å². The largest absolute Gasteiger partial charge is 0.480 e. The summed E-state index contributed by atoms with van der Waals surface area (Å²) >= 11 is 3.16. The highest BCUT2D eigenvalue weighted by molar-refractivity contribution is 7.99. The highest BCUT2D eigenvalue weighted by Gasteiger charge is 2.16. The second-order valence-electron chi connectivity index (χ2n) is 18.8. The highest BCUT2D eigenvalue weighted by Crippen LogP contribution is 2.09. The molecule has 0 aliphatic heterocycles. The zero-order valence-electron chi connectivity index (χ0n) is 48.8. The van der Waals surface area contributed by atoms with Crippen molar-refractivity contribution >= 4 is 71.1 Å². The predicted octanol–water partition coefficient (Wildman–Crippen LogP) is 3.60. The van der Waals surface area contributed by atoms with Crippen molar-refractivity contribution in [2.75, 3.05) is 62.5 Å². The van der Waals surface area contributed by atoms with Crippen molar-refractivity contribution in [1.82, 2.24) is 5.32 Å². The zero-order valence-corrected chi connectivity index (χ0v) is 50.4. The monoisotopic (exact) mass is 1200 g/mol. The smallest absolute Gasteiger partial charge is 0.322 e. The molecule has 27 heteroatoms. The van der Waals surface area contributed by atoms with Crippen molar-refractivity contribution in [3.05, 3.63) is 85.1 Å². The third-order valence-electron chi connectivity index (χ3n) is 8.48. The van der Waals surface area contributed by atoms with Crippen LogP contribution in [0.5, 0.6) is 0 Å². The minimum atomic E-state index is -1.15. The number of rotatable bonds is 38. The van der Waals surface area contributed by atoms with E-state index in [4.69, 9.17) is 85.4 Å². The van der Waals surface area contributed by atoms with Gasteiger partial charge in [0.1, 0.15) is 48.1 Å². The van der Waals surface area contributed by atoms with E-state index in [-0.39, 0.29) is 25.2 Å². The fraction of sp³-hybridized carbons (Fsp3) is 0.593. The Morgan fingerprint density at radius 2 is 0.840 bits per heavy atom. The Balaban J connectivity index is -0.000000158. The molecule has 0 fully saturated rings. The first-order chi connectivity index (χ1) is 37.1. The second kappa shape index (κ2) is 57.7. The van der Waals surface area contributed by atoms with Crippen molar-refractivity contribution in [3.8, 4) is 0 Å². The van der Waals surface area contributed by atoms with Crippen LogP contribution in [-0.2, 0) is 47.8 Å². The lowest BCUT2D eigenvalue weighted by atomic mass is 10.1. The van der Waals surface area contributed by atoms with Gasteiger partial charge >= 0.3 is 41.8 Å². The van der Waals surface area contributed by atoms with Crippen LogP contribution in [0.15, 0.2) is 85.1 Å². The van der Waals surface area contributed by atoms with Crippen molar-refractivity contribution in [3.63, 3.8) is 0 Å². The summed E-state index contributed by atoms with van der Waals surface area (Å²) in [6.45, 7) is 41.2. The Morgan fingerprint density at radius 1 is 0.444 bits per heavy atom. The molecular weight excluding hydrogens is 1100 g/mol. The maximum atomic E-state index is 11.0. The molecule has 0 aliphatic carbocycles. The van der Waals surface area contributed by atoms with Gasteiger partial charge in [0.2, 0.25) is 0 Å². The third-order valence-corrected chi connectivity index (χ3v) is 11.0. The normalized spacial score (nSPS) is 12.5. The van der Waals surface area contributed by atoms with Crippen molar-refractivity contribution < 1.29 is 83.6 Å². The van der Waals surface area contributed by atoms with Crippen LogP contribution in [0.2, 0.25) is 0 Å². The molecule has 0 spiro atoms. The lowest BCUT2D eigenvalue weighted by Crippen LogP contribution is -2.35. The molecular formula is C54H100N8O17S2. The van der Waals surface area contributed by atoms with Gasteiger partial charge in [-0.1, -0.05) is 78.5 Å². The van der Waals surface area contributed by atoms with Crippen molar-refractivity contribution in [1.29, 1.82) is 0 Å². The second-order valence-corrected chi connectivity index (χ2v) is 20.9. The third kappa shape index (κ3) is 81.0. The lowest BCUT2D eigenvalue weighted by molar-refractivity contribution is -0.140. The Kier molecular flexibility index (Phi) is 63.5. The quantitative estimate of drug-likeness (QED) is 0.0310. The molecule has 0 aromatic rings. The Hall–Kier alpha value is -5.56. The SMILES string of the molecule is C=C(C)CC(=O)CC(N)C(=O)O.C=C(C)CCCC(N)C(=O)O.C=C(C)CNCCC(N)C(=O)O.C=C(C)COCC(N)C(=O)O.C=C(C)COCCC(N)C(=O)O.C=C(C)CSCC(N)C(=O)O.C=C(C)CSCCC(N)C(=O)O. The van der Waals surface area contributed by atoms with E-state index >= 15 is 0 Å². The number of nitrogens with two attached hydrogens (primary N) is 7. The van der Waals surface area contributed by atoms with Gasteiger partial charge < -0.3 is 90.7 Å². The zero-order chi connectivity index (χ0) is 65.0. The number of nitrogens with one attached hydrogen (secondary N) is 1. The van der Waals surface area contributed by atoms with E-state index < -0.39 is 84.1 Å². The predicted molar refractivity (Wildman–Crippen MR) is 324 cm³/mol. The number of carbonyl (C=O) groups excluding carboxylic acids is 1. The number of carbonyl (C=O) groups is 8. The number of carboxylic acid groups (broad SMARTS) is 7. The fourth-order valence-electron chi connectivity index (χ4n) is 4.19. The lowest BCUT2D eigenvalue weighted by Gasteiger charge is -2.06. The van der Waals surface area contributed by atoms with Crippen LogP contribution >= 0.6 is 23.5 Å². The van der Waals surface area contributed by atoms with Gasteiger partial charge in [-0.2, -0.15) is 23.5 Å². The average Bonchev–Trinajstić information content (AvgIpc) is 3.32. The summed E-state index contributed by atoms with van der Waals surface area (Å²) in [5.74, 6) is -4.23. The van der Waals surface area contributed by atoms with E-state index in [9.17, 15) is 38.4 Å². The first kappa shape index (κ1) is 89.2. The summed E-state index contributed by atoms with van der Waals surface area (Å²) < 4.78 is 9.99. The van der Waals surface area contributed by atoms with Crippen LogP contribution in [-0.4, -0.2) is 188 Å². The minimum Gasteiger partial charge on any atom is -0.480 e. The molecule has 7 unspecified atom stereocenters. The highest BCUT2D eigenvalue weighted by atomic mass is 32.2. The van der Waals surface area contributed by atoms with E-state index in [1.165, 1.54) is 11.8 Å². The van der Waals surface area contributed by atoms with Crippen molar-refractivity contribution in [2.45, 2.75) is 142 Å². The minimum absolute atomic E-state index is 0.0300. The van der Waals surface area contributed by atoms with Crippen LogP contribution < -0.4 is 45.5 Å². The van der Waals surface area contributed by atoms with E-state index in [1.807, 2.05) is 34.6 Å². The van der Waals surface area contributed by atoms with Crippen LogP contribution in [0, 0.1) is 0 Å². The van der Waals surface area contributed by atoms with E-state index in [0.717, 1.165) is 69.1 Å². The summed E-state index contributed by atoms with van der Waals surface area (Å²) in [4.78, 5) is 82.5. The Morgan fingerprint density at radius 3 is 1.22 bits per heavy atom.